The number of benzene rings is 1. The molecule has 1 amide bonds. The third kappa shape index (κ3) is 8.61. The third-order valence-corrected chi connectivity index (χ3v) is 6.76. The molecule has 0 bridgehead atoms. The highest BCUT2D eigenvalue weighted by Gasteiger charge is 2.32. The molecule has 37 heavy (non-hydrogen) atoms. The number of hydrogen-bond acceptors (Lipinski definition) is 5. The van der Waals surface area contributed by atoms with Gasteiger partial charge in [0.05, 0.1) is 5.69 Å². The lowest BCUT2D eigenvalue weighted by Crippen LogP contribution is -2.50. The molecule has 0 atom stereocenters. The maximum atomic E-state index is 12.3. The van der Waals surface area contributed by atoms with Gasteiger partial charge in [0.25, 0.3) is 0 Å². The van der Waals surface area contributed by atoms with Gasteiger partial charge in [-0.25, -0.2) is 14.8 Å². The topological polar surface area (TPSA) is 58.6 Å². The highest BCUT2D eigenvalue weighted by Crippen LogP contribution is 2.44. The Morgan fingerprint density at radius 1 is 1.08 bits per heavy atom. The van der Waals surface area contributed by atoms with E-state index in [2.05, 4.69) is 41.7 Å². The minimum atomic E-state index is -0.462. The second-order valence-electron chi connectivity index (χ2n) is 10.7. The van der Waals surface area contributed by atoms with Crippen LogP contribution in [0.1, 0.15) is 70.7 Å². The van der Waals surface area contributed by atoms with Crippen molar-refractivity contribution < 1.29 is 9.53 Å². The minimum Gasteiger partial charge on any atom is -0.444 e. The van der Waals surface area contributed by atoms with Crippen LogP contribution in [-0.4, -0.2) is 52.7 Å². The van der Waals surface area contributed by atoms with Crippen molar-refractivity contribution >= 4 is 40.7 Å². The summed E-state index contributed by atoms with van der Waals surface area (Å²) in [6.07, 6.45) is 8.29. The molecule has 0 N–H and O–H groups in total. The van der Waals surface area contributed by atoms with E-state index in [0.29, 0.717) is 19.0 Å². The van der Waals surface area contributed by atoms with Gasteiger partial charge in [0.15, 0.2) is 0 Å². The lowest BCUT2D eigenvalue weighted by molar-refractivity contribution is 0.0240. The summed E-state index contributed by atoms with van der Waals surface area (Å²) < 4.78 is 5.49. The van der Waals surface area contributed by atoms with Gasteiger partial charge in [0.1, 0.15) is 17.7 Å². The van der Waals surface area contributed by atoms with Gasteiger partial charge in [-0.05, 0) is 89.1 Å². The summed E-state index contributed by atoms with van der Waals surface area (Å²) >= 11 is 11.6. The summed E-state index contributed by atoms with van der Waals surface area (Å²) in [5.74, 6) is 1.65. The summed E-state index contributed by atoms with van der Waals surface area (Å²) in [5, 5.41) is 1.45. The van der Waals surface area contributed by atoms with Crippen LogP contribution in [0.25, 0.3) is 5.57 Å². The number of nitrogens with zero attached hydrogens (tertiary/aromatic N) is 4. The average molecular weight is 548 g/mol. The van der Waals surface area contributed by atoms with Crippen LogP contribution in [-0.2, 0) is 11.2 Å². The van der Waals surface area contributed by atoms with Crippen molar-refractivity contribution in [3.8, 4) is 0 Å². The van der Waals surface area contributed by atoms with Crippen LogP contribution >= 0.6 is 23.2 Å². The largest absolute Gasteiger partial charge is 0.444 e. The van der Waals surface area contributed by atoms with Crippen LogP contribution in [0.5, 0.6) is 0 Å². The van der Waals surface area contributed by atoms with E-state index in [9.17, 15) is 4.79 Å². The smallest absolute Gasteiger partial charge is 0.410 e. The fourth-order valence-corrected chi connectivity index (χ4v) is 5.06. The molecular formula is C29H40Cl2N4O2. The number of ether oxygens (including phenoxy) is 1. The number of halogens is 2. The summed E-state index contributed by atoms with van der Waals surface area (Å²) in [4.78, 5) is 25.4. The van der Waals surface area contributed by atoms with Gasteiger partial charge in [0, 0.05) is 41.8 Å². The molecule has 1 saturated heterocycles. The maximum Gasteiger partial charge on any atom is 0.410 e. The zero-order valence-electron chi connectivity index (χ0n) is 23.0. The lowest BCUT2D eigenvalue weighted by Gasteiger charge is -2.37. The van der Waals surface area contributed by atoms with Crippen LogP contribution in [0.2, 0.25) is 10.0 Å². The van der Waals surface area contributed by atoms with E-state index in [0.717, 1.165) is 47.5 Å². The third-order valence-electron chi connectivity index (χ3n) is 6.33. The molecule has 6 nitrogen and oxygen atoms in total. The zero-order valence-corrected chi connectivity index (χ0v) is 24.5. The van der Waals surface area contributed by atoms with Crippen LogP contribution < -0.4 is 4.90 Å². The molecule has 2 fully saturated rings. The van der Waals surface area contributed by atoms with Gasteiger partial charge in [-0.1, -0.05) is 42.6 Å². The first kappa shape index (κ1) is 29.2. The highest BCUT2D eigenvalue weighted by molar-refractivity contribution is 6.34. The standard InChI is InChI=1S/C20H30N4O2.C9H10Cl2/c1-6-16(15-7-8-15)17-14(2)21-13-22-18(17)23-9-11-24(12-10-23)19(25)26-20(3,4)5;1-2-3-7-4-8(10)6-9(11)5-7/h6,13,15H,7-12H2,1-5H3;4-6H,2-3H2,1H3/b16-6-;. The molecule has 0 radical (unpaired) electrons. The van der Waals surface area contributed by atoms with E-state index in [4.69, 9.17) is 27.9 Å². The highest BCUT2D eigenvalue weighted by atomic mass is 35.5. The number of amides is 1. The van der Waals surface area contributed by atoms with E-state index in [1.54, 1.807) is 17.3 Å². The molecule has 1 aromatic heterocycles. The molecule has 1 aromatic carbocycles. The molecule has 1 saturated carbocycles. The second-order valence-corrected chi connectivity index (χ2v) is 11.5. The molecule has 2 aliphatic rings. The SMILES string of the molecule is C/C=C(\c1c(C)ncnc1N1CCN(C(=O)OC(C)(C)C)CC1)C1CC1.CCCc1cc(Cl)cc(Cl)c1. The van der Waals surface area contributed by atoms with Crippen LogP contribution in [0.3, 0.4) is 0 Å². The number of carbonyl (C=O) groups excluding carboxylic acids is 1. The number of piperazine rings is 1. The number of aromatic nitrogens is 2. The van der Waals surface area contributed by atoms with E-state index in [1.807, 2.05) is 32.9 Å². The van der Waals surface area contributed by atoms with Gasteiger partial charge in [0.2, 0.25) is 0 Å². The second kappa shape index (κ2) is 13.0. The first-order valence-electron chi connectivity index (χ1n) is 13.2. The van der Waals surface area contributed by atoms with Crippen molar-refractivity contribution in [3.63, 3.8) is 0 Å². The summed E-state index contributed by atoms with van der Waals surface area (Å²) in [5.41, 5.74) is 4.33. The van der Waals surface area contributed by atoms with Gasteiger partial charge in [-0.2, -0.15) is 0 Å². The Balaban J connectivity index is 0.000000289. The monoisotopic (exact) mass is 546 g/mol. The lowest BCUT2D eigenvalue weighted by atomic mass is 9.99. The predicted octanol–water partition coefficient (Wildman–Crippen LogP) is 7.60. The normalized spacial score (nSPS) is 16.3. The number of hydrogen-bond donors (Lipinski definition) is 0. The number of aryl methyl sites for hydroxylation is 2. The molecule has 0 spiro atoms. The fraction of sp³-hybridized carbons (Fsp3) is 0.552. The van der Waals surface area contributed by atoms with Crippen molar-refractivity contribution in [1.29, 1.82) is 0 Å². The Hall–Kier alpha value is -2.31. The Bertz CT molecular complexity index is 1080. The fourth-order valence-electron chi connectivity index (χ4n) is 4.49. The number of allylic oxidation sites excluding steroid dienone is 2. The van der Waals surface area contributed by atoms with Crippen LogP contribution in [0.15, 0.2) is 30.6 Å². The van der Waals surface area contributed by atoms with Gasteiger partial charge < -0.3 is 14.5 Å². The van der Waals surface area contributed by atoms with Gasteiger partial charge in [-0.15, -0.1) is 0 Å². The predicted molar refractivity (Wildman–Crippen MR) is 154 cm³/mol. The van der Waals surface area contributed by atoms with Crippen molar-refractivity contribution in [2.24, 2.45) is 5.92 Å². The van der Waals surface area contributed by atoms with E-state index in [1.165, 1.54) is 29.5 Å². The van der Waals surface area contributed by atoms with Crippen LogP contribution in [0, 0.1) is 12.8 Å². The minimum absolute atomic E-state index is 0.233. The molecule has 4 rings (SSSR count). The van der Waals surface area contributed by atoms with E-state index in [-0.39, 0.29) is 6.09 Å². The molecule has 8 heteroatoms. The van der Waals surface area contributed by atoms with Crippen molar-refractivity contribution in [3.05, 3.63) is 57.5 Å². The quantitative estimate of drug-likeness (QED) is 0.386. The van der Waals surface area contributed by atoms with Crippen LogP contribution in [0.4, 0.5) is 10.6 Å². The Labute approximate surface area is 232 Å². The van der Waals surface area contributed by atoms with Gasteiger partial charge >= 0.3 is 6.09 Å². The average Bonchev–Trinajstić information content (AvgIpc) is 3.65. The molecule has 0 unspecified atom stereocenters. The summed E-state index contributed by atoms with van der Waals surface area (Å²) in [6, 6.07) is 5.66. The first-order chi connectivity index (χ1) is 17.5. The van der Waals surface area contributed by atoms with Crippen molar-refractivity contribution in [2.75, 3.05) is 31.1 Å². The number of carbonyl (C=O) groups is 1. The molecule has 202 valence electrons. The summed E-state index contributed by atoms with van der Waals surface area (Å²) in [6.45, 7) is 14.8. The Morgan fingerprint density at radius 3 is 2.22 bits per heavy atom. The number of anilines is 1. The Kier molecular flexibility index (Phi) is 10.3. The maximum absolute atomic E-state index is 12.3. The molecule has 2 heterocycles. The van der Waals surface area contributed by atoms with Crippen molar-refractivity contribution in [1.82, 2.24) is 14.9 Å². The number of rotatable bonds is 5. The van der Waals surface area contributed by atoms with Gasteiger partial charge in [-0.3, -0.25) is 0 Å². The molecule has 1 aliphatic heterocycles. The molecular weight excluding hydrogens is 507 g/mol. The molecule has 1 aliphatic carbocycles. The summed E-state index contributed by atoms with van der Waals surface area (Å²) in [7, 11) is 0. The van der Waals surface area contributed by atoms with Crippen molar-refractivity contribution in [2.45, 2.75) is 72.8 Å². The first-order valence-corrected chi connectivity index (χ1v) is 13.9. The zero-order chi connectivity index (χ0) is 27.2. The molecule has 2 aromatic rings. The van der Waals surface area contributed by atoms with E-state index < -0.39 is 5.60 Å². The Morgan fingerprint density at radius 2 is 1.70 bits per heavy atom. The van der Waals surface area contributed by atoms with E-state index >= 15 is 0 Å².